The first-order valence-electron chi connectivity index (χ1n) is 7.68. The normalized spacial score (nSPS) is 11.1. The molecule has 0 radical (unpaired) electrons. The van der Waals surface area contributed by atoms with E-state index in [1.807, 2.05) is 18.7 Å². The monoisotopic (exact) mass is 337 g/mol. The van der Waals surface area contributed by atoms with E-state index < -0.39 is 0 Å². The van der Waals surface area contributed by atoms with Crippen molar-refractivity contribution in [1.82, 2.24) is 14.9 Å². The average molecular weight is 338 g/mol. The largest absolute Gasteiger partial charge is 0.343 e. The lowest BCUT2D eigenvalue weighted by Crippen LogP contribution is -2.31. The second-order valence-corrected chi connectivity index (χ2v) is 7.28. The van der Waals surface area contributed by atoms with Crippen molar-refractivity contribution in [3.05, 3.63) is 16.3 Å². The van der Waals surface area contributed by atoms with E-state index in [1.165, 1.54) is 22.2 Å². The number of carbonyl (C=O) groups is 1. The smallest absolute Gasteiger partial charge is 0.232 e. The summed E-state index contributed by atoms with van der Waals surface area (Å²) in [5.74, 6) is 1.46. The van der Waals surface area contributed by atoms with Gasteiger partial charge in [0.2, 0.25) is 5.91 Å². The maximum absolute atomic E-state index is 12.2. The van der Waals surface area contributed by atoms with Gasteiger partial charge in [-0.2, -0.15) is 0 Å². The lowest BCUT2D eigenvalue weighted by Gasteiger charge is -2.18. The van der Waals surface area contributed by atoms with Gasteiger partial charge < -0.3 is 4.90 Å². The standard InChI is InChI=1S/C16H23N3OS2/c1-6-12-17-15(21-9-13(20)19(7-2)8-3)14-10(4)11(5)22-16(14)18-12/h6-9H2,1-5H3. The highest BCUT2D eigenvalue weighted by atomic mass is 32.2. The molecule has 4 nitrogen and oxygen atoms in total. The van der Waals surface area contributed by atoms with E-state index in [4.69, 9.17) is 0 Å². The minimum absolute atomic E-state index is 0.171. The molecule has 0 aliphatic heterocycles. The number of nitrogens with zero attached hydrogens (tertiary/aromatic N) is 3. The van der Waals surface area contributed by atoms with Crippen molar-refractivity contribution in [1.29, 1.82) is 0 Å². The molecule has 0 aliphatic carbocycles. The fraction of sp³-hybridized carbons (Fsp3) is 0.562. The first-order chi connectivity index (χ1) is 10.5. The Hall–Kier alpha value is -1.14. The second kappa shape index (κ2) is 7.42. The van der Waals surface area contributed by atoms with Gasteiger partial charge in [-0.05, 0) is 33.3 Å². The van der Waals surface area contributed by atoms with Crippen molar-refractivity contribution < 1.29 is 4.79 Å². The van der Waals surface area contributed by atoms with Crippen LogP contribution in [0.5, 0.6) is 0 Å². The van der Waals surface area contributed by atoms with Crippen LogP contribution in [0.2, 0.25) is 0 Å². The Bertz CT molecular complexity index is 678. The molecule has 0 spiro atoms. The molecule has 0 N–H and O–H groups in total. The van der Waals surface area contributed by atoms with E-state index in [0.717, 1.165) is 40.6 Å². The number of aromatic nitrogens is 2. The van der Waals surface area contributed by atoms with Gasteiger partial charge in [-0.25, -0.2) is 9.97 Å². The van der Waals surface area contributed by atoms with Crippen LogP contribution in [0, 0.1) is 13.8 Å². The third kappa shape index (κ3) is 3.43. The number of amides is 1. The summed E-state index contributed by atoms with van der Waals surface area (Å²) in [5, 5.41) is 2.07. The third-order valence-corrected chi connectivity index (χ3v) is 5.87. The molecule has 0 aromatic carbocycles. The summed E-state index contributed by atoms with van der Waals surface area (Å²) in [5.41, 5.74) is 1.24. The Kier molecular flexibility index (Phi) is 5.81. The summed E-state index contributed by atoms with van der Waals surface area (Å²) in [6, 6.07) is 0. The van der Waals surface area contributed by atoms with Crippen molar-refractivity contribution in [2.45, 2.75) is 46.1 Å². The van der Waals surface area contributed by atoms with Gasteiger partial charge in [-0.1, -0.05) is 18.7 Å². The molecule has 22 heavy (non-hydrogen) atoms. The Morgan fingerprint density at radius 2 is 1.86 bits per heavy atom. The number of hydrogen-bond acceptors (Lipinski definition) is 5. The quantitative estimate of drug-likeness (QED) is 0.594. The third-order valence-electron chi connectivity index (χ3n) is 3.81. The molecule has 0 unspecified atom stereocenters. The van der Waals surface area contributed by atoms with Crippen molar-refractivity contribution in [3.8, 4) is 0 Å². The fourth-order valence-electron chi connectivity index (χ4n) is 2.32. The number of fused-ring (bicyclic) bond motifs is 1. The minimum atomic E-state index is 0.171. The van der Waals surface area contributed by atoms with Crippen LogP contribution < -0.4 is 0 Å². The molecule has 120 valence electrons. The summed E-state index contributed by atoms with van der Waals surface area (Å²) in [6.45, 7) is 11.8. The zero-order valence-corrected chi connectivity index (χ0v) is 15.5. The van der Waals surface area contributed by atoms with Crippen LogP contribution in [0.3, 0.4) is 0 Å². The van der Waals surface area contributed by atoms with E-state index in [2.05, 4.69) is 30.7 Å². The van der Waals surface area contributed by atoms with Gasteiger partial charge in [0.15, 0.2) is 0 Å². The Morgan fingerprint density at radius 1 is 1.18 bits per heavy atom. The molecule has 2 heterocycles. The number of thioether (sulfide) groups is 1. The number of rotatable bonds is 6. The van der Waals surface area contributed by atoms with Gasteiger partial charge in [0.05, 0.1) is 5.75 Å². The Balaban J connectivity index is 2.31. The van der Waals surface area contributed by atoms with Crippen molar-refractivity contribution >= 4 is 39.2 Å². The van der Waals surface area contributed by atoms with Crippen LogP contribution in [0.25, 0.3) is 10.2 Å². The molecule has 2 rings (SSSR count). The number of carbonyl (C=O) groups excluding carboxylic acids is 1. The van der Waals surface area contributed by atoms with E-state index in [0.29, 0.717) is 5.75 Å². The maximum atomic E-state index is 12.2. The molecular weight excluding hydrogens is 314 g/mol. The Labute approximate surface area is 140 Å². The second-order valence-electron chi connectivity index (χ2n) is 5.12. The summed E-state index contributed by atoms with van der Waals surface area (Å²) >= 11 is 3.25. The van der Waals surface area contributed by atoms with E-state index in [1.54, 1.807) is 11.3 Å². The van der Waals surface area contributed by atoms with Crippen LogP contribution in [0.1, 0.15) is 37.0 Å². The van der Waals surface area contributed by atoms with E-state index in [-0.39, 0.29) is 5.91 Å². The van der Waals surface area contributed by atoms with Gasteiger partial charge in [-0.3, -0.25) is 4.79 Å². The van der Waals surface area contributed by atoms with Gasteiger partial charge in [0, 0.05) is 29.8 Å². The Morgan fingerprint density at radius 3 is 2.45 bits per heavy atom. The first-order valence-corrected chi connectivity index (χ1v) is 9.49. The zero-order chi connectivity index (χ0) is 16.3. The van der Waals surface area contributed by atoms with Crippen LogP contribution in [0.15, 0.2) is 5.03 Å². The molecular formula is C16H23N3OS2. The molecule has 6 heteroatoms. The fourth-order valence-corrected chi connectivity index (χ4v) is 4.43. The highest BCUT2D eigenvalue weighted by Gasteiger charge is 2.17. The SMILES string of the molecule is CCc1nc(SCC(=O)N(CC)CC)c2c(C)c(C)sc2n1. The lowest BCUT2D eigenvalue weighted by molar-refractivity contribution is -0.127. The van der Waals surface area contributed by atoms with Gasteiger partial charge >= 0.3 is 0 Å². The zero-order valence-electron chi connectivity index (χ0n) is 13.9. The first kappa shape index (κ1) is 17.2. The minimum Gasteiger partial charge on any atom is -0.343 e. The summed E-state index contributed by atoms with van der Waals surface area (Å²) in [7, 11) is 0. The lowest BCUT2D eigenvalue weighted by atomic mass is 10.2. The van der Waals surface area contributed by atoms with Crippen molar-refractivity contribution in [3.63, 3.8) is 0 Å². The topological polar surface area (TPSA) is 46.1 Å². The maximum Gasteiger partial charge on any atom is 0.232 e. The molecule has 0 fully saturated rings. The average Bonchev–Trinajstić information content (AvgIpc) is 2.80. The van der Waals surface area contributed by atoms with E-state index >= 15 is 0 Å². The molecule has 0 saturated carbocycles. The number of aryl methyl sites for hydroxylation is 3. The van der Waals surface area contributed by atoms with Crippen molar-refractivity contribution in [2.24, 2.45) is 0 Å². The molecule has 0 saturated heterocycles. The highest BCUT2D eigenvalue weighted by Crippen LogP contribution is 2.35. The van der Waals surface area contributed by atoms with Gasteiger partial charge in [0.25, 0.3) is 0 Å². The van der Waals surface area contributed by atoms with E-state index in [9.17, 15) is 4.79 Å². The summed E-state index contributed by atoms with van der Waals surface area (Å²) in [4.78, 5) is 25.7. The highest BCUT2D eigenvalue weighted by molar-refractivity contribution is 8.00. The summed E-state index contributed by atoms with van der Waals surface area (Å²) in [6.07, 6.45) is 0.809. The molecule has 0 bridgehead atoms. The van der Waals surface area contributed by atoms with Crippen LogP contribution in [-0.2, 0) is 11.2 Å². The predicted octanol–water partition coefficient (Wildman–Crippen LogP) is 3.83. The predicted molar refractivity (Wildman–Crippen MR) is 94.9 cm³/mol. The number of hydrogen-bond donors (Lipinski definition) is 0. The van der Waals surface area contributed by atoms with Crippen LogP contribution >= 0.6 is 23.1 Å². The van der Waals surface area contributed by atoms with Crippen molar-refractivity contribution in [2.75, 3.05) is 18.8 Å². The molecule has 0 aliphatic rings. The molecule has 2 aromatic rings. The number of thiophene rings is 1. The van der Waals surface area contributed by atoms with Crippen LogP contribution in [-0.4, -0.2) is 39.6 Å². The van der Waals surface area contributed by atoms with Gasteiger partial charge in [-0.15, -0.1) is 11.3 Å². The molecule has 0 atom stereocenters. The molecule has 1 amide bonds. The van der Waals surface area contributed by atoms with Crippen LogP contribution in [0.4, 0.5) is 0 Å². The molecule has 2 aromatic heterocycles. The van der Waals surface area contributed by atoms with Gasteiger partial charge in [0.1, 0.15) is 15.7 Å². The summed E-state index contributed by atoms with van der Waals surface area (Å²) < 4.78 is 0.